The number of rotatable bonds is 7. The second kappa shape index (κ2) is 12.1. The number of nitrogens with one attached hydrogen (secondary N) is 4. The van der Waals surface area contributed by atoms with Crippen LogP contribution < -0.4 is 26.2 Å². The number of hydrazine groups is 1. The Hall–Kier alpha value is -3.72. The van der Waals surface area contributed by atoms with Crippen LogP contribution in [-0.2, 0) is 9.59 Å². The third-order valence-electron chi connectivity index (χ3n) is 3.99. The first-order valence-corrected chi connectivity index (χ1v) is 9.96. The van der Waals surface area contributed by atoms with Crippen LogP contribution in [0.1, 0.15) is 35.7 Å². The van der Waals surface area contributed by atoms with Crippen LogP contribution in [0.5, 0.6) is 5.75 Å². The normalized spacial score (nSPS) is 10.3. The molecule has 0 bridgehead atoms. The van der Waals surface area contributed by atoms with Gasteiger partial charge in [-0.15, -0.1) is 0 Å². The fraction of sp³-hybridized carbons (Fsp3) is 0.182. The lowest BCUT2D eigenvalue weighted by molar-refractivity contribution is -0.116. The van der Waals surface area contributed by atoms with Crippen molar-refractivity contribution in [2.45, 2.75) is 19.8 Å². The molecular formula is C22H24N4O4S. The Morgan fingerprint density at radius 2 is 1.74 bits per heavy atom. The van der Waals surface area contributed by atoms with Crippen molar-refractivity contribution in [2.75, 3.05) is 12.4 Å². The van der Waals surface area contributed by atoms with Crippen LogP contribution in [0.15, 0.2) is 54.6 Å². The van der Waals surface area contributed by atoms with Crippen LogP contribution >= 0.6 is 12.2 Å². The number of amides is 3. The van der Waals surface area contributed by atoms with E-state index in [1.165, 1.54) is 6.08 Å². The highest BCUT2D eigenvalue weighted by Crippen LogP contribution is 2.18. The smallest absolute Gasteiger partial charge is 0.269 e. The second-order valence-corrected chi connectivity index (χ2v) is 6.76. The highest BCUT2D eigenvalue weighted by atomic mass is 32.1. The van der Waals surface area contributed by atoms with Gasteiger partial charge in [0.1, 0.15) is 5.75 Å². The Morgan fingerprint density at radius 1 is 1.03 bits per heavy atom. The molecular weight excluding hydrogens is 416 g/mol. The van der Waals surface area contributed by atoms with E-state index in [1.807, 2.05) is 19.1 Å². The van der Waals surface area contributed by atoms with Crippen molar-refractivity contribution < 1.29 is 19.1 Å². The van der Waals surface area contributed by atoms with Crippen molar-refractivity contribution in [2.24, 2.45) is 0 Å². The predicted molar refractivity (Wildman–Crippen MR) is 123 cm³/mol. The number of hydrogen-bond donors (Lipinski definition) is 4. The minimum Gasteiger partial charge on any atom is -0.496 e. The van der Waals surface area contributed by atoms with E-state index in [1.54, 1.807) is 49.6 Å². The summed E-state index contributed by atoms with van der Waals surface area (Å²) in [7, 11) is 1.55. The molecule has 0 aromatic heterocycles. The van der Waals surface area contributed by atoms with Crippen LogP contribution in [0.2, 0.25) is 0 Å². The van der Waals surface area contributed by atoms with E-state index in [0.29, 0.717) is 23.4 Å². The van der Waals surface area contributed by atoms with Crippen molar-refractivity contribution in [3.63, 3.8) is 0 Å². The summed E-state index contributed by atoms with van der Waals surface area (Å²) < 4.78 is 5.21. The van der Waals surface area contributed by atoms with Crippen molar-refractivity contribution in [1.29, 1.82) is 0 Å². The average Bonchev–Trinajstić information content (AvgIpc) is 2.77. The van der Waals surface area contributed by atoms with E-state index in [2.05, 4.69) is 21.5 Å². The van der Waals surface area contributed by atoms with Crippen LogP contribution in [0.4, 0.5) is 5.69 Å². The number of methoxy groups -OCH3 is 1. The van der Waals surface area contributed by atoms with Gasteiger partial charge in [0.15, 0.2) is 5.11 Å². The van der Waals surface area contributed by atoms with E-state index in [0.717, 1.165) is 12.0 Å². The number of ether oxygens (including phenoxy) is 1. The topological polar surface area (TPSA) is 109 Å². The summed E-state index contributed by atoms with van der Waals surface area (Å²) in [4.78, 5) is 35.8. The van der Waals surface area contributed by atoms with Gasteiger partial charge in [0.2, 0.25) is 11.8 Å². The lowest BCUT2D eigenvalue weighted by Crippen LogP contribution is -2.48. The van der Waals surface area contributed by atoms with Crippen molar-refractivity contribution in [3.8, 4) is 5.75 Å². The molecule has 0 heterocycles. The number of benzene rings is 2. The molecule has 0 unspecified atom stereocenters. The Labute approximate surface area is 186 Å². The molecule has 0 spiro atoms. The molecule has 0 aliphatic heterocycles. The fourth-order valence-corrected chi connectivity index (χ4v) is 2.65. The van der Waals surface area contributed by atoms with Crippen molar-refractivity contribution in [3.05, 3.63) is 65.7 Å². The van der Waals surface area contributed by atoms with Gasteiger partial charge < -0.3 is 10.1 Å². The molecule has 162 valence electrons. The largest absolute Gasteiger partial charge is 0.496 e. The first kappa shape index (κ1) is 23.6. The molecule has 31 heavy (non-hydrogen) atoms. The predicted octanol–water partition coefficient (Wildman–Crippen LogP) is 2.78. The Balaban J connectivity index is 1.81. The minimum absolute atomic E-state index is 0.0634. The van der Waals surface area contributed by atoms with Gasteiger partial charge >= 0.3 is 0 Å². The zero-order valence-corrected chi connectivity index (χ0v) is 18.0. The molecule has 0 atom stereocenters. The van der Waals surface area contributed by atoms with Crippen molar-refractivity contribution >= 4 is 46.8 Å². The van der Waals surface area contributed by atoms with Gasteiger partial charge in [0, 0.05) is 29.3 Å². The Kier molecular flexibility index (Phi) is 9.18. The summed E-state index contributed by atoms with van der Waals surface area (Å²) in [6, 6.07) is 13.6. The zero-order valence-electron chi connectivity index (χ0n) is 17.2. The molecule has 0 aliphatic rings. The average molecular weight is 441 g/mol. The molecule has 0 aliphatic carbocycles. The number of hydrogen-bond acceptors (Lipinski definition) is 5. The summed E-state index contributed by atoms with van der Waals surface area (Å²) in [6.45, 7) is 1.92. The summed E-state index contributed by atoms with van der Waals surface area (Å²) in [5.41, 5.74) is 6.56. The zero-order chi connectivity index (χ0) is 22.6. The Bertz CT molecular complexity index is 974. The quantitative estimate of drug-likeness (QED) is 0.300. The monoisotopic (exact) mass is 440 g/mol. The molecule has 4 N–H and O–H groups in total. The number of thiocarbonyl (C=S) groups is 1. The van der Waals surface area contributed by atoms with E-state index < -0.39 is 11.8 Å². The first-order chi connectivity index (χ1) is 14.9. The molecule has 0 radical (unpaired) electrons. The number of anilines is 1. The number of carbonyl (C=O) groups is 3. The second-order valence-electron chi connectivity index (χ2n) is 6.35. The van der Waals surface area contributed by atoms with Gasteiger partial charge in [0.25, 0.3) is 5.91 Å². The van der Waals surface area contributed by atoms with Crippen molar-refractivity contribution in [1.82, 2.24) is 16.2 Å². The first-order valence-electron chi connectivity index (χ1n) is 9.55. The maximum Gasteiger partial charge on any atom is 0.269 e. The summed E-state index contributed by atoms with van der Waals surface area (Å²) >= 11 is 5.01. The van der Waals surface area contributed by atoms with Crippen LogP contribution in [0.3, 0.4) is 0 Å². The maximum absolute atomic E-state index is 12.2. The van der Waals surface area contributed by atoms with Gasteiger partial charge in [-0.3, -0.25) is 30.6 Å². The van der Waals surface area contributed by atoms with E-state index >= 15 is 0 Å². The molecule has 0 saturated carbocycles. The standard InChI is InChI=1S/C22H24N4O4S/c1-3-6-19(27)23-17-12-9-16(10-13-17)21(29)25-26-22(31)24-20(28)14-11-15-7-4-5-8-18(15)30-2/h4-5,7-14H,3,6H2,1-2H3,(H,23,27)(H,25,29)(H2,24,26,28,31)/b14-11+. The van der Waals surface area contributed by atoms with E-state index in [4.69, 9.17) is 17.0 Å². The third-order valence-corrected chi connectivity index (χ3v) is 4.19. The molecule has 9 heteroatoms. The van der Waals surface area contributed by atoms with Gasteiger partial charge in [0.05, 0.1) is 7.11 Å². The number of carbonyl (C=O) groups excluding carboxylic acids is 3. The fourth-order valence-electron chi connectivity index (χ4n) is 2.50. The van der Waals surface area contributed by atoms with Crippen LogP contribution in [-0.4, -0.2) is 29.9 Å². The van der Waals surface area contributed by atoms with Gasteiger partial charge in [-0.05, 0) is 55.0 Å². The van der Waals surface area contributed by atoms with Gasteiger partial charge in [-0.2, -0.15) is 0 Å². The molecule has 8 nitrogen and oxygen atoms in total. The van der Waals surface area contributed by atoms with Gasteiger partial charge in [-0.1, -0.05) is 25.1 Å². The molecule has 2 aromatic rings. The SMILES string of the molecule is CCCC(=O)Nc1ccc(C(=O)NNC(=S)NC(=O)/C=C/c2ccccc2OC)cc1. The number of para-hydroxylation sites is 1. The van der Waals surface area contributed by atoms with Crippen LogP contribution in [0, 0.1) is 0 Å². The maximum atomic E-state index is 12.2. The van der Waals surface area contributed by atoms with Gasteiger partial charge in [-0.25, -0.2) is 0 Å². The Morgan fingerprint density at radius 3 is 2.42 bits per heavy atom. The molecule has 3 amide bonds. The minimum atomic E-state index is -0.468. The molecule has 2 rings (SSSR count). The lowest BCUT2D eigenvalue weighted by Gasteiger charge is -2.10. The highest BCUT2D eigenvalue weighted by molar-refractivity contribution is 7.80. The molecule has 0 fully saturated rings. The molecule has 2 aromatic carbocycles. The summed E-state index contributed by atoms with van der Waals surface area (Å²) in [6.07, 6.45) is 4.09. The van der Waals surface area contributed by atoms with E-state index in [9.17, 15) is 14.4 Å². The highest BCUT2D eigenvalue weighted by Gasteiger charge is 2.08. The summed E-state index contributed by atoms with van der Waals surface area (Å²) in [5.74, 6) is -0.366. The third kappa shape index (κ3) is 7.90. The lowest BCUT2D eigenvalue weighted by atomic mass is 10.2. The van der Waals surface area contributed by atoms with Crippen LogP contribution in [0.25, 0.3) is 6.08 Å². The summed E-state index contributed by atoms with van der Waals surface area (Å²) in [5, 5.41) is 5.11. The van der Waals surface area contributed by atoms with E-state index in [-0.39, 0.29) is 11.0 Å². The molecule has 0 saturated heterocycles.